The van der Waals surface area contributed by atoms with E-state index in [-0.39, 0.29) is 11.5 Å². The molecule has 1 saturated heterocycles. The Hall–Kier alpha value is -3.97. The van der Waals surface area contributed by atoms with E-state index in [1.165, 1.54) is 4.90 Å². The summed E-state index contributed by atoms with van der Waals surface area (Å²) < 4.78 is 5.75. The van der Waals surface area contributed by atoms with Crippen LogP contribution in [-0.2, 0) is 11.4 Å². The molecule has 1 fully saturated rings. The molecule has 0 radical (unpaired) electrons. The Balaban J connectivity index is 1.41. The van der Waals surface area contributed by atoms with Crippen LogP contribution in [0.4, 0.5) is 5.69 Å². The lowest BCUT2D eigenvalue weighted by atomic mass is 10.1. The highest BCUT2D eigenvalue weighted by molar-refractivity contribution is 7.80. The van der Waals surface area contributed by atoms with E-state index in [1.807, 2.05) is 54.6 Å². The van der Waals surface area contributed by atoms with Crippen molar-refractivity contribution in [3.05, 3.63) is 101 Å². The molecule has 0 atom stereocenters. The molecule has 0 saturated carbocycles. The Bertz CT molecular complexity index is 1160. The zero-order valence-corrected chi connectivity index (χ0v) is 17.1. The molecule has 3 aromatic rings. The van der Waals surface area contributed by atoms with Gasteiger partial charge in [-0.2, -0.15) is 0 Å². The van der Waals surface area contributed by atoms with Gasteiger partial charge in [-0.25, -0.2) is 4.79 Å². The van der Waals surface area contributed by atoms with E-state index in [2.05, 4.69) is 5.32 Å². The monoisotopic (exact) mass is 430 g/mol. The highest BCUT2D eigenvalue weighted by Crippen LogP contribution is 2.23. The van der Waals surface area contributed by atoms with Crippen molar-refractivity contribution in [1.29, 1.82) is 0 Å². The minimum absolute atomic E-state index is 0.207. The summed E-state index contributed by atoms with van der Waals surface area (Å²) in [5, 5.41) is 12.3. The lowest BCUT2D eigenvalue weighted by Crippen LogP contribution is -2.30. The molecule has 0 aromatic heterocycles. The molecule has 31 heavy (non-hydrogen) atoms. The second-order valence-electron chi connectivity index (χ2n) is 6.82. The SMILES string of the molecule is O=C(O)c1ccc(COc2ccc(/C=C3\NC(=S)N(c4ccccc4)C3=O)cc2)cc1. The molecular formula is C24H18N2O4S. The van der Waals surface area contributed by atoms with Crippen molar-refractivity contribution in [1.82, 2.24) is 5.32 Å². The number of anilines is 1. The normalized spacial score (nSPS) is 14.6. The molecular weight excluding hydrogens is 412 g/mol. The number of ether oxygens (including phenoxy) is 1. The molecule has 7 heteroatoms. The predicted molar refractivity (Wildman–Crippen MR) is 122 cm³/mol. The summed E-state index contributed by atoms with van der Waals surface area (Å²) in [5.74, 6) is -0.502. The standard InChI is InChI=1S/C24H18N2O4S/c27-22-21(25-24(31)26(22)19-4-2-1-3-5-19)14-16-8-12-20(13-9-16)30-15-17-6-10-18(11-7-17)23(28)29/h1-14H,15H2,(H,25,31)(H,28,29)/b21-14-. The van der Waals surface area contributed by atoms with Gasteiger partial charge in [-0.3, -0.25) is 9.69 Å². The molecule has 0 unspecified atom stereocenters. The highest BCUT2D eigenvalue weighted by atomic mass is 32.1. The molecule has 0 spiro atoms. The van der Waals surface area contributed by atoms with E-state index >= 15 is 0 Å². The maximum absolute atomic E-state index is 12.8. The number of amides is 1. The third kappa shape index (κ3) is 4.62. The van der Waals surface area contributed by atoms with Crippen molar-refractivity contribution in [3.8, 4) is 5.75 Å². The van der Waals surface area contributed by atoms with E-state index in [0.717, 1.165) is 11.1 Å². The van der Waals surface area contributed by atoms with E-state index in [4.69, 9.17) is 22.1 Å². The second-order valence-corrected chi connectivity index (χ2v) is 7.21. The number of carboxylic acid groups (broad SMARTS) is 1. The number of aromatic carboxylic acids is 1. The quantitative estimate of drug-likeness (QED) is 0.450. The molecule has 1 aliphatic heterocycles. The highest BCUT2D eigenvalue weighted by Gasteiger charge is 2.31. The number of para-hydroxylation sites is 1. The first kappa shape index (κ1) is 20.3. The van der Waals surface area contributed by atoms with Crippen molar-refractivity contribution < 1.29 is 19.4 Å². The van der Waals surface area contributed by atoms with Gasteiger partial charge in [0.05, 0.1) is 11.3 Å². The average molecular weight is 430 g/mol. The van der Waals surface area contributed by atoms with E-state index < -0.39 is 5.97 Å². The number of carboxylic acids is 1. The fraction of sp³-hybridized carbons (Fsp3) is 0.0417. The third-order valence-corrected chi connectivity index (χ3v) is 4.97. The molecule has 0 bridgehead atoms. The molecule has 2 N–H and O–H groups in total. The molecule has 0 aliphatic carbocycles. The molecule has 154 valence electrons. The largest absolute Gasteiger partial charge is 0.489 e. The van der Waals surface area contributed by atoms with Crippen molar-refractivity contribution >= 4 is 41.0 Å². The summed E-state index contributed by atoms with van der Waals surface area (Å²) in [6.07, 6.45) is 1.74. The number of carbonyl (C=O) groups excluding carboxylic acids is 1. The van der Waals surface area contributed by atoms with Crippen LogP contribution in [0.25, 0.3) is 6.08 Å². The van der Waals surface area contributed by atoms with Crippen LogP contribution in [0.3, 0.4) is 0 Å². The maximum atomic E-state index is 12.8. The number of benzene rings is 3. The van der Waals surface area contributed by atoms with Gasteiger partial charge < -0.3 is 15.2 Å². The third-order valence-electron chi connectivity index (χ3n) is 4.69. The van der Waals surface area contributed by atoms with Crippen LogP contribution in [0.5, 0.6) is 5.75 Å². The van der Waals surface area contributed by atoms with Gasteiger partial charge in [-0.1, -0.05) is 42.5 Å². The van der Waals surface area contributed by atoms with Crippen LogP contribution >= 0.6 is 12.2 Å². The van der Waals surface area contributed by atoms with E-state index in [1.54, 1.807) is 30.3 Å². The van der Waals surface area contributed by atoms with Gasteiger partial charge in [0.25, 0.3) is 5.91 Å². The Morgan fingerprint density at radius 1 is 1.00 bits per heavy atom. The Morgan fingerprint density at radius 2 is 1.68 bits per heavy atom. The number of carbonyl (C=O) groups is 2. The Morgan fingerprint density at radius 3 is 2.32 bits per heavy atom. The first-order valence-electron chi connectivity index (χ1n) is 9.48. The smallest absolute Gasteiger partial charge is 0.335 e. The summed E-state index contributed by atoms with van der Waals surface area (Å²) in [7, 11) is 0. The minimum Gasteiger partial charge on any atom is -0.489 e. The van der Waals surface area contributed by atoms with Gasteiger partial charge in [-0.15, -0.1) is 0 Å². The van der Waals surface area contributed by atoms with Crippen molar-refractivity contribution in [2.45, 2.75) is 6.61 Å². The number of nitrogens with one attached hydrogen (secondary N) is 1. The summed E-state index contributed by atoms with van der Waals surface area (Å²) >= 11 is 5.32. The van der Waals surface area contributed by atoms with Gasteiger partial charge in [0.2, 0.25) is 0 Å². The van der Waals surface area contributed by atoms with Gasteiger partial charge >= 0.3 is 5.97 Å². The summed E-state index contributed by atoms with van der Waals surface area (Å²) in [4.78, 5) is 25.1. The lowest BCUT2D eigenvalue weighted by molar-refractivity contribution is -0.113. The Labute approximate surface area is 184 Å². The lowest BCUT2D eigenvalue weighted by Gasteiger charge is -2.13. The fourth-order valence-electron chi connectivity index (χ4n) is 3.08. The zero-order chi connectivity index (χ0) is 21.8. The van der Waals surface area contributed by atoms with Crippen molar-refractivity contribution in [2.75, 3.05) is 4.90 Å². The van der Waals surface area contributed by atoms with E-state index in [0.29, 0.717) is 28.9 Å². The minimum atomic E-state index is -0.958. The molecule has 1 amide bonds. The Kier molecular flexibility index (Phi) is 5.77. The van der Waals surface area contributed by atoms with Crippen molar-refractivity contribution in [2.24, 2.45) is 0 Å². The average Bonchev–Trinajstić information content (AvgIpc) is 3.07. The number of rotatable bonds is 6. The number of hydrogen-bond acceptors (Lipinski definition) is 4. The summed E-state index contributed by atoms with van der Waals surface area (Å²) in [6, 6.07) is 23.1. The first-order valence-corrected chi connectivity index (χ1v) is 9.89. The molecule has 6 nitrogen and oxygen atoms in total. The van der Waals surface area contributed by atoms with Crippen LogP contribution in [0.15, 0.2) is 84.6 Å². The fourth-order valence-corrected chi connectivity index (χ4v) is 3.38. The van der Waals surface area contributed by atoms with Crippen molar-refractivity contribution in [3.63, 3.8) is 0 Å². The predicted octanol–water partition coefficient (Wildman–Crippen LogP) is 4.23. The second kappa shape index (κ2) is 8.81. The van der Waals surface area contributed by atoms with Gasteiger partial charge in [0.15, 0.2) is 5.11 Å². The summed E-state index contributed by atoms with van der Waals surface area (Å²) in [5.41, 5.74) is 3.05. The van der Waals surface area contributed by atoms with E-state index in [9.17, 15) is 9.59 Å². The van der Waals surface area contributed by atoms with Crippen LogP contribution < -0.4 is 15.0 Å². The number of nitrogens with zero attached hydrogens (tertiary/aromatic N) is 1. The van der Waals surface area contributed by atoms with Crippen LogP contribution in [0, 0.1) is 0 Å². The van der Waals surface area contributed by atoms with Crippen LogP contribution in [-0.4, -0.2) is 22.1 Å². The molecule has 3 aromatic carbocycles. The van der Waals surface area contributed by atoms with Crippen LogP contribution in [0.1, 0.15) is 21.5 Å². The molecule has 1 aliphatic rings. The van der Waals surface area contributed by atoms with Gasteiger partial charge in [-0.05, 0) is 65.8 Å². The number of thiocarbonyl (C=S) groups is 1. The molecule has 1 heterocycles. The van der Waals surface area contributed by atoms with Crippen LogP contribution in [0.2, 0.25) is 0 Å². The zero-order valence-electron chi connectivity index (χ0n) is 16.3. The summed E-state index contributed by atoms with van der Waals surface area (Å²) in [6.45, 7) is 0.320. The van der Waals surface area contributed by atoms with Gasteiger partial charge in [0, 0.05) is 0 Å². The molecule has 4 rings (SSSR count). The van der Waals surface area contributed by atoms with Gasteiger partial charge in [0.1, 0.15) is 18.1 Å². The maximum Gasteiger partial charge on any atom is 0.335 e. The number of hydrogen-bond donors (Lipinski definition) is 2. The first-order chi connectivity index (χ1) is 15.0. The topological polar surface area (TPSA) is 78.9 Å².